The molecular formula is C18H19ClN2O. The Morgan fingerprint density at radius 1 is 1.27 bits per heavy atom. The van der Waals surface area contributed by atoms with Gasteiger partial charge in [0, 0.05) is 23.9 Å². The van der Waals surface area contributed by atoms with E-state index < -0.39 is 0 Å². The Bertz CT molecular complexity index is 699. The van der Waals surface area contributed by atoms with Crippen LogP contribution in [0.25, 0.3) is 0 Å². The van der Waals surface area contributed by atoms with Crippen LogP contribution in [0.2, 0.25) is 5.02 Å². The van der Waals surface area contributed by atoms with Crippen molar-refractivity contribution in [2.75, 3.05) is 13.2 Å². The first-order chi connectivity index (χ1) is 10.7. The Morgan fingerprint density at radius 2 is 2.18 bits per heavy atom. The van der Waals surface area contributed by atoms with Gasteiger partial charge >= 0.3 is 0 Å². The number of nitrogens with zero attached hydrogens (tertiary/aromatic N) is 1. The number of halogens is 1. The molecule has 22 heavy (non-hydrogen) atoms. The van der Waals surface area contributed by atoms with E-state index in [4.69, 9.17) is 16.3 Å². The molecule has 2 atom stereocenters. The molecule has 0 spiro atoms. The summed E-state index contributed by atoms with van der Waals surface area (Å²) in [6.07, 6.45) is 3.80. The summed E-state index contributed by atoms with van der Waals surface area (Å²) >= 11 is 5.94. The minimum atomic E-state index is 0.297. The standard InChI is InChI=1S/C18H19ClN2O/c1-11-18-12(6-7-20-11)2-5-17-15(18)8-13(10-22-17)16-4-3-14(19)9-21-16/h2-5,9,11,13,20H,6-8,10H2,1H3/t11?,13-/m1/s1. The zero-order valence-electron chi connectivity index (χ0n) is 12.6. The number of rotatable bonds is 1. The zero-order chi connectivity index (χ0) is 15.1. The summed E-state index contributed by atoms with van der Waals surface area (Å²) < 4.78 is 6.03. The maximum Gasteiger partial charge on any atom is 0.122 e. The van der Waals surface area contributed by atoms with E-state index in [1.165, 1.54) is 16.7 Å². The molecule has 0 bridgehead atoms. The Balaban J connectivity index is 1.71. The largest absolute Gasteiger partial charge is 0.493 e. The predicted octanol–water partition coefficient (Wildman–Crippen LogP) is 3.66. The molecule has 2 aliphatic heterocycles. The third kappa shape index (κ3) is 2.38. The number of nitrogens with one attached hydrogen (secondary N) is 1. The molecule has 0 amide bonds. The fourth-order valence-electron chi connectivity index (χ4n) is 3.64. The summed E-state index contributed by atoms with van der Waals surface area (Å²) in [5.41, 5.74) is 5.30. The van der Waals surface area contributed by atoms with Crippen molar-refractivity contribution in [1.82, 2.24) is 10.3 Å². The Labute approximate surface area is 135 Å². The van der Waals surface area contributed by atoms with Crippen molar-refractivity contribution < 1.29 is 4.74 Å². The fraction of sp³-hybridized carbons (Fsp3) is 0.389. The van der Waals surface area contributed by atoms with Crippen molar-refractivity contribution >= 4 is 11.6 Å². The van der Waals surface area contributed by atoms with Gasteiger partial charge in [0.15, 0.2) is 0 Å². The van der Waals surface area contributed by atoms with Crippen molar-refractivity contribution in [3.05, 3.63) is 57.9 Å². The van der Waals surface area contributed by atoms with Crippen LogP contribution in [0, 0.1) is 0 Å². The number of benzene rings is 1. The molecular weight excluding hydrogens is 296 g/mol. The smallest absolute Gasteiger partial charge is 0.122 e. The van der Waals surface area contributed by atoms with Crippen molar-refractivity contribution in [3.8, 4) is 5.75 Å². The maximum absolute atomic E-state index is 6.03. The van der Waals surface area contributed by atoms with Gasteiger partial charge in [0.05, 0.1) is 11.6 Å². The van der Waals surface area contributed by atoms with Gasteiger partial charge in [-0.05, 0) is 61.2 Å². The van der Waals surface area contributed by atoms with Crippen LogP contribution >= 0.6 is 11.6 Å². The maximum atomic E-state index is 6.03. The number of aromatic nitrogens is 1. The van der Waals surface area contributed by atoms with E-state index in [0.717, 1.165) is 30.8 Å². The van der Waals surface area contributed by atoms with Gasteiger partial charge in [-0.1, -0.05) is 17.7 Å². The van der Waals surface area contributed by atoms with E-state index in [-0.39, 0.29) is 0 Å². The van der Waals surface area contributed by atoms with Gasteiger partial charge < -0.3 is 10.1 Å². The summed E-state index contributed by atoms with van der Waals surface area (Å²) in [7, 11) is 0. The summed E-state index contributed by atoms with van der Waals surface area (Å²) in [6, 6.07) is 8.67. The lowest BCUT2D eigenvalue weighted by atomic mass is 9.84. The molecule has 3 nitrogen and oxygen atoms in total. The molecule has 1 N–H and O–H groups in total. The first kappa shape index (κ1) is 14.0. The Hall–Kier alpha value is -1.58. The number of pyridine rings is 1. The van der Waals surface area contributed by atoms with Gasteiger partial charge in [0.1, 0.15) is 5.75 Å². The van der Waals surface area contributed by atoms with Crippen LogP contribution in [0.15, 0.2) is 30.5 Å². The van der Waals surface area contributed by atoms with Gasteiger partial charge in [0.2, 0.25) is 0 Å². The average molecular weight is 315 g/mol. The van der Waals surface area contributed by atoms with E-state index in [1.807, 2.05) is 12.1 Å². The van der Waals surface area contributed by atoms with E-state index >= 15 is 0 Å². The Kier molecular flexibility index (Phi) is 3.55. The minimum Gasteiger partial charge on any atom is -0.493 e. The summed E-state index contributed by atoms with van der Waals surface area (Å²) in [5, 5.41) is 4.24. The molecule has 0 saturated heterocycles. The molecule has 1 aromatic heterocycles. The lowest BCUT2D eigenvalue weighted by Crippen LogP contribution is -2.31. The van der Waals surface area contributed by atoms with E-state index in [2.05, 4.69) is 29.4 Å². The highest BCUT2D eigenvalue weighted by atomic mass is 35.5. The predicted molar refractivity (Wildman–Crippen MR) is 87.8 cm³/mol. The SMILES string of the molecule is CC1NCCc2ccc3c(c21)C[C@@H](c1ccc(Cl)cn1)CO3. The van der Waals surface area contributed by atoms with Gasteiger partial charge in [-0.3, -0.25) is 4.98 Å². The molecule has 0 fully saturated rings. The lowest BCUT2D eigenvalue weighted by molar-refractivity contribution is 0.258. The van der Waals surface area contributed by atoms with E-state index in [9.17, 15) is 0 Å². The van der Waals surface area contributed by atoms with Crippen LogP contribution in [0.4, 0.5) is 0 Å². The second-order valence-corrected chi connectivity index (χ2v) is 6.59. The molecule has 2 aliphatic rings. The molecule has 0 aliphatic carbocycles. The quantitative estimate of drug-likeness (QED) is 0.872. The lowest BCUT2D eigenvalue weighted by Gasteiger charge is -2.32. The molecule has 1 unspecified atom stereocenters. The normalized spacial score (nSPS) is 23.4. The molecule has 4 rings (SSSR count). The highest BCUT2D eigenvalue weighted by Crippen LogP contribution is 2.39. The van der Waals surface area contributed by atoms with Crippen LogP contribution < -0.4 is 10.1 Å². The van der Waals surface area contributed by atoms with Gasteiger partial charge in [-0.2, -0.15) is 0 Å². The second kappa shape index (κ2) is 5.56. The average Bonchev–Trinajstić information content (AvgIpc) is 2.55. The summed E-state index contributed by atoms with van der Waals surface area (Å²) in [5.74, 6) is 1.34. The van der Waals surface area contributed by atoms with Crippen LogP contribution in [-0.2, 0) is 12.8 Å². The van der Waals surface area contributed by atoms with Crippen molar-refractivity contribution in [1.29, 1.82) is 0 Å². The molecule has 4 heteroatoms. The van der Waals surface area contributed by atoms with E-state index in [0.29, 0.717) is 23.6 Å². The zero-order valence-corrected chi connectivity index (χ0v) is 13.4. The highest BCUT2D eigenvalue weighted by molar-refractivity contribution is 6.30. The number of hydrogen-bond donors (Lipinski definition) is 1. The molecule has 3 heterocycles. The molecule has 0 saturated carbocycles. The first-order valence-corrected chi connectivity index (χ1v) is 8.22. The van der Waals surface area contributed by atoms with Gasteiger partial charge in [-0.25, -0.2) is 0 Å². The number of ether oxygens (including phenoxy) is 1. The van der Waals surface area contributed by atoms with Crippen LogP contribution in [0.5, 0.6) is 5.75 Å². The first-order valence-electron chi connectivity index (χ1n) is 7.84. The van der Waals surface area contributed by atoms with Gasteiger partial charge in [0.25, 0.3) is 0 Å². The summed E-state index contributed by atoms with van der Waals surface area (Å²) in [4.78, 5) is 4.48. The molecule has 2 aromatic rings. The van der Waals surface area contributed by atoms with Crippen molar-refractivity contribution in [3.63, 3.8) is 0 Å². The number of hydrogen-bond acceptors (Lipinski definition) is 3. The third-order valence-corrected chi connectivity index (χ3v) is 4.96. The highest BCUT2D eigenvalue weighted by Gasteiger charge is 2.28. The van der Waals surface area contributed by atoms with Crippen LogP contribution in [-0.4, -0.2) is 18.1 Å². The van der Waals surface area contributed by atoms with E-state index in [1.54, 1.807) is 6.20 Å². The number of fused-ring (bicyclic) bond motifs is 3. The van der Waals surface area contributed by atoms with Crippen LogP contribution in [0.1, 0.15) is 41.3 Å². The van der Waals surface area contributed by atoms with Gasteiger partial charge in [-0.15, -0.1) is 0 Å². The molecule has 0 radical (unpaired) electrons. The monoisotopic (exact) mass is 314 g/mol. The minimum absolute atomic E-state index is 0.297. The van der Waals surface area contributed by atoms with Crippen molar-refractivity contribution in [2.45, 2.75) is 31.7 Å². The fourth-order valence-corrected chi connectivity index (χ4v) is 3.75. The Morgan fingerprint density at radius 3 is 3.00 bits per heavy atom. The topological polar surface area (TPSA) is 34.2 Å². The molecule has 1 aromatic carbocycles. The molecule has 114 valence electrons. The summed E-state index contributed by atoms with van der Waals surface area (Å²) in [6.45, 7) is 3.97. The van der Waals surface area contributed by atoms with Crippen molar-refractivity contribution in [2.24, 2.45) is 0 Å². The third-order valence-electron chi connectivity index (χ3n) is 4.74. The second-order valence-electron chi connectivity index (χ2n) is 6.15. The van der Waals surface area contributed by atoms with Crippen LogP contribution in [0.3, 0.4) is 0 Å².